The van der Waals surface area contributed by atoms with Crippen LogP contribution in [0, 0.1) is 0 Å². The zero-order valence-corrected chi connectivity index (χ0v) is 13.1. The van der Waals surface area contributed by atoms with Crippen LogP contribution in [0.25, 0.3) is 0 Å². The van der Waals surface area contributed by atoms with Crippen LogP contribution in [0.5, 0.6) is 0 Å². The van der Waals surface area contributed by atoms with Crippen LogP contribution in [-0.2, 0) is 6.42 Å². The van der Waals surface area contributed by atoms with E-state index in [0.29, 0.717) is 4.83 Å². The molecular formula is C14H20Br2. The van der Waals surface area contributed by atoms with Gasteiger partial charge in [0.05, 0.1) is 0 Å². The highest BCUT2D eigenvalue weighted by Crippen LogP contribution is 2.19. The van der Waals surface area contributed by atoms with E-state index in [-0.39, 0.29) is 0 Å². The van der Waals surface area contributed by atoms with Crippen molar-refractivity contribution in [1.82, 2.24) is 0 Å². The molecule has 0 aliphatic carbocycles. The van der Waals surface area contributed by atoms with E-state index >= 15 is 0 Å². The summed E-state index contributed by atoms with van der Waals surface area (Å²) >= 11 is 7.29. The van der Waals surface area contributed by atoms with E-state index in [9.17, 15) is 0 Å². The maximum atomic E-state index is 3.78. The number of hydrogen-bond acceptors (Lipinski definition) is 0. The summed E-state index contributed by atoms with van der Waals surface area (Å²) in [4.78, 5) is 0.624. The minimum atomic E-state index is 0.624. The SMILES string of the molecule is CCCCCCC(Br)Cc1cccc(Br)c1. The largest absolute Gasteiger partial charge is 0.0887 e. The quantitative estimate of drug-likeness (QED) is 0.436. The zero-order valence-electron chi connectivity index (χ0n) is 9.89. The summed E-state index contributed by atoms with van der Waals surface area (Å²) in [6.07, 6.45) is 7.82. The lowest BCUT2D eigenvalue weighted by Crippen LogP contribution is -2.02. The van der Waals surface area contributed by atoms with Crippen LogP contribution in [0.3, 0.4) is 0 Å². The molecule has 0 N–H and O–H groups in total. The molecule has 0 bridgehead atoms. The molecule has 0 amide bonds. The number of halogens is 2. The molecule has 0 spiro atoms. The van der Waals surface area contributed by atoms with E-state index in [1.807, 2.05) is 0 Å². The van der Waals surface area contributed by atoms with Crippen molar-refractivity contribution in [3.63, 3.8) is 0 Å². The highest BCUT2D eigenvalue weighted by molar-refractivity contribution is 9.10. The molecule has 0 aromatic heterocycles. The minimum Gasteiger partial charge on any atom is -0.0887 e. The van der Waals surface area contributed by atoms with Crippen LogP contribution in [0.4, 0.5) is 0 Å². The summed E-state index contributed by atoms with van der Waals surface area (Å²) in [5, 5.41) is 0. The van der Waals surface area contributed by atoms with Gasteiger partial charge in [-0.05, 0) is 30.5 Å². The molecule has 1 atom stereocenters. The van der Waals surface area contributed by atoms with Crippen molar-refractivity contribution in [1.29, 1.82) is 0 Å². The summed E-state index contributed by atoms with van der Waals surface area (Å²) < 4.78 is 1.18. The normalized spacial score (nSPS) is 12.7. The molecule has 1 aromatic carbocycles. The maximum Gasteiger partial charge on any atom is 0.0186 e. The Balaban J connectivity index is 2.25. The molecule has 0 nitrogen and oxygen atoms in total. The third-order valence-electron chi connectivity index (χ3n) is 2.72. The monoisotopic (exact) mass is 346 g/mol. The number of rotatable bonds is 7. The second-order valence-corrected chi connectivity index (χ2v) is 6.49. The fourth-order valence-corrected chi connectivity index (χ4v) is 2.96. The van der Waals surface area contributed by atoms with E-state index in [0.717, 1.165) is 6.42 Å². The molecule has 1 unspecified atom stereocenters. The van der Waals surface area contributed by atoms with Crippen molar-refractivity contribution < 1.29 is 0 Å². The van der Waals surface area contributed by atoms with Gasteiger partial charge in [0.1, 0.15) is 0 Å². The topological polar surface area (TPSA) is 0 Å². The maximum absolute atomic E-state index is 3.78. The van der Waals surface area contributed by atoms with Crippen molar-refractivity contribution in [2.24, 2.45) is 0 Å². The Labute approximate surface area is 116 Å². The van der Waals surface area contributed by atoms with E-state index in [1.54, 1.807) is 0 Å². The molecule has 0 aliphatic heterocycles. The van der Waals surface area contributed by atoms with Gasteiger partial charge in [0.15, 0.2) is 0 Å². The average molecular weight is 348 g/mol. The van der Waals surface area contributed by atoms with Crippen LogP contribution < -0.4 is 0 Å². The van der Waals surface area contributed by atoms with E-state index in [2.05, 4.69) is 63.0 Å². The fraction of sp³-hybridized carbons (Fsp3) is 0.571. The van der Waals surface area contributed by atoms with E-state index in [4.69, 9.17) is 0 Å². The molecule has 1 aromatic rings. The first-order valence-corrected chi connectivity index (χ1v) is 7.81. The van der Waals surface area contributed by atoms with Crippen molar-refractivity contribution in [3.8, 4) is 0 Å². The lowest BCUT2D eigenvalue weighted by Gasteiger charge is -2.09. The number of alkyl halides is 1. The van der Waals surface area contributed by atoms with E-state index in [1.165, 1.54) is 42.1 Å². The Morgan fingerprint density at radius 3 is 2.69 bits per heavy atom. The summed E-state index contributed by atoms with van der Waals surface area (Å²) in [5.41, 5.74) is 1.41. The molecule has 2 heteroatoms. The zero-order chi connectivity index (χ0) is 11.8. The van der Waals surface area contributed by atoms with Crippen molar-refractivity contribution in [3.05, 3.63) is 34.3 Å². The van der Waals surface area contributed by atoms with Crippen molar-refractivity contribution in [2.75, 3.05) is 0 Å². The van der Waals surface area contributed by atoms with E-state index < -0.39 is 0 Å². The standard InChI is InChI=1S/C14H20Br2/c1-2-3-4-5-8-13(15)10-12-7-6-9-14(16)11-12/h6-7,9,11,13H,2-5,8,10H2,1H3. The third-order valence-corrected chi connectivity index (χ3v) is 3.99. The Bertz CT molecular complexity index is 297. The second kappa shape index (κ2) is 8.30. The summed E-state index contributed by atoms with van der Waals surface area (Å²) in [5.74, 6) is 0. The Hall–Kier alpha value is 0.180. The van der Waals surface area contributed by atoms with Gasteiger partial charge in [-0.2, -0.15) is 0 Å². The fourth-order valence-electron chi connectivity index (χ4n) is 1.81. The first-order valence-electron chi connectivity index (χ1n) is 6.11. The van der Waals surface area contributed by atoms with Crippen molar-refractivity contribution >= 4 is 31.9 Å². The first-order chi connectivity index (χ1) is 7.72. The highest BCUT2D eigenvalue weighted by Gasteiger charge is 2.05. The van der Waals surface area contributed by atoms with Gasteiger partial charge in [0.25, 0.3) is 0 Å². The smallest absolute Gasteiger partial charge is 0.0186 e. The second-order valence-electron chi connectivity index (χ2n) is 4.28. The predicted molar refractivity (Wildman–Crippen MR) is 79.3 cm³/mol. The predicted octanol–water partition coefficient (Wildman–Crippen LogP) is 5.73. The average Bonchev–Trinajstić information content (AvgIpc) is 2.24. The molecule has 0 heterocycles. The van der Waals surface area contributed by atoms with Gasteiger partial charge in [-0.1, -0.05) is 76.6 Å². The van der Waals surface area contributed by atoms with Gasteiger partial charge in [0, 0.05) is 9.30 Å². The Morgan fingerprint density at radius 1 is 1.19 bits per heavy atom. The highest BCUT2D eigenvalue weighted by atomic mass is 79.9. The van der Waals surface area contributed by atoms with Crippen LogP contribution in [0.15, 0.2) is 28.7 Å². The first kappa shape index (κ1) is 14.2. The van der Waals surface area contributed by atoms with Gasteiger partial charge in [-0.15, -0.1) is 0 Å². The van der Waals surface area contributed by atoms with Crippen molar-refractivity contribution in [2.45, 2.75) is 50.3 Å². The lowest BCUT2D eigenvalue weighted by molar-refractivity contribution is 0.619. The number of hydrogen-bond donors (Lipinski definition) is 0. The van der Waals surface area contributed by atoms with Crippen LogP contribution in [0.1, 0.15) is 44.6 Å². The van der Waals surface area contributed by atoms with Gasteiger partial charge < -0.3 is 0 Å². The van der Waals surface area contributed by atoms with Gasteiger partial charge in [-0.25, -0.2) is 0 Å². The Kier molecular flexibility index (Phi) is 7.39. The lowest BCUT2D eigenvalue weighted by atomic mass is 10.1. The molecule has 16 heavy (non-hydrogen) atoms. The summed E-state index contributed by atoms with van der Waals surface area (Å²) in [6, 6.07) is 8.59. The van der Waals surface area contributed by atoms with Gasteiger partial charge in [-0.3, -0.25) is 0 Å². The van der Waals surface area contributed by atoms with Gasteiger partial charge >= 0.3 is 0 Å². The molecule has 0 saturated carbocycles. The van der Waals surface area contributed by atoms with Crippen LogP contribution >= 0.6 is 31.9 Å². The molecule has 1 rings (SSSR count). The molecule has 0 saturated heterocycles. The Morgan fingerprint density at radius 2 is 2.00 bits per heavy atom. The third kappa shape index (κ3) is 6.05. The van der Waals surface area contributed by atoms with Crippen LogP contribution in [0.2, 0.25) is 0 Å². The molecule has 0 aliphatic rings. The van der Waals surface area contributed by atoms with Crippen LogP contribution in [-0.4, -0.2) is 4.83 Å². The number of benzene rings is 1. The molecule has 0 fully saturated rings. The number of unbranched alkanes of at least 4 members (excludes halogenated alkanes) is 3. The minimum absolute atomic E-state index is 0.624. The summed E-state index contributed by atoms with van der Waals surface area (Å²) in [6.45, 7) is 2.26. The summed E-state index contributed by atoms with van der Waals surface area (Å²) in [7, 11) is 0. The van der Waals surface area contributed by atoms with Gasteiger partial charge in [0.2, 0.25) is 0 Å². The molecular weight excluding hydrogens is 328 g/mol. The molecule has 90 valence electrons. The molecule has 0 radical (unpaired) electrons.